The van der Waals surface area contributed by atoms with Crippen LogP contribution >= 0.6 is 0 Å². The molecule has 0 aliphatic rings. The Kier molecular flexibility index (Phi) is 10.4. The Morgan fingerprint density at radius 1 is 0.236 bits per heavy atom. The first-order valence-electron chi connectivity index (χ1n) is 22.6. The van der Waals surface area contributed by atoms with Crippen molar-refractivity contribution in [2.24, 2.45) is 0 Å². The minimum Gasteiger partial charge on any atom is -0.254 e. The Bertz CT molecular complexity index is 3680. The van der Waals surface area contributed by atoms with Gasteiger partial charge in [-0.3, -0.25) is 39.9 Å². The first kappa shape index (κ1) is 42.4. The van der Waals surface area contributed by atoms with Crippen LogP contribution in [0.4, 0.5) is 0 Å². The third-order valence-electron chi connectivity index (χ3n) is 12.8. The lowest BCUT2D eigenvalue weighted by Crippen LogP contribution is -1.96. The summed E-state index contributed by atoms with van der Waals surface area (Å²) in [5.74, 6) is 0. The third-order valence-corrected chi connectivity index (χ3v) is 12.8. The van der Waals surface area contributed by atoms with Crippen LogP contribution in [0.5, 0.6) is 0 Å². The fourth-order valence-corrected chi connectivity index (χ4v) is 9.21. The molecule has 0 saturated heterocycles. The fraction of sp³-hybridized carbons (Fsp3) is 0. The molecule has 0 spiro atoms. The first-order chi connectivity index (χ1) is 35.5. The Morgan fingerprint density at radius 3 is 0.611 bits per heavy atom. The van der Waals surface area contributed by atoms with Gasteiger partial charge in [0.25, 0.3) is 0 Å². The van der Waals surface area contributed by atoms with Crippen molar-refractivity contribution in [2.75, 3.05) is 0 Å². The lowest BCUT2D eigenvalue weighted by molar-refractivity contribution is 1.24. The second-order valence-corrected chi connectivity index (χ2v) is 16.9. The standard InChI is InChI=1S/C60H30N12/c61-23-35-1-13-51(65-27-35)55-17-5-39(31-69-55)47-21-48(40-6-18-56(70-32-40)52-14-2-36(24-62)28-66-52)44-11-12-46-50(42-8-20-58(72-34-42)54-16-4-38(26-64)30-68-54)22-49(45-10-9-43(47)59(44)60(45)46)41-7-19-57(71-33-41)53-15-3-37(25-63)29-67-53/h1-22,27-34H. The van der Waals surface area contributed by atoms with Gasteiger partial charge >= 0.3 is 0 Å². The van der Waals surface area contributed by atoms with E-state index in [-0.39, 0.29) is 0 Å². The number of benzene rings is 4. The first-order valence-corrected chi connectivity index (χ1v) is 22.6. The number of hydrogen-bond donors (Lipinski definition) is 0. The minimum atomic E-state index is 0.473. The van der Waals surface area contributed by atoms with E-state index in [2.05, 4.69) is 105 Å². The molecule has 0 aliphatic carbocycles. The third kappa shape index (κ3) is 7.49. The van der Waals surface area contributed by atoms with Crippen LogP contribution in [-0.2, 0) is 0 Å². The average molecular weight is 919 g/mol. The maximum absolute atomic E-state index is 9.36. The van der Waals surface area contributed by atoms with Gasteiger partial charge in [0.2, 0.25) is 0 Å². The molecule has 8 aromatic heterocycles. The quantitative estimate of drug-likeness (QED) is 0.131. The van der Waals surface area contributed by atoms with E-state index in [1.807, 2.05) is 49.1 Å². The van der Waals surface area contributed by atoms with Gasteiger partial charge < -0.3 is 0 Å². The molecule has 0 saturated carbocycles. The van der Waals surface area contributed by atoms with Gasteiger partial charge in [0, 0.05) is 71.8 Å². The molecule has 4 aromatic carbocycles. The summed E-state index contributed by atoms with van der Waals surface area (Å²) in [6.45, 7) is 0. The Morgan fingerprint density at radius 2 is 0.444 bits per heavy atom. The predicted octanol–water partition coefficient (Wildman–Crippen LogP) is 12.6. The summed E-state index contributed by atoms with van der Waals surface area (Å²) in [6.07, 6.45) is 13.7. The van der Waals surface area contributed by atoms with Gasteiger partial charge in [-0.25, -0.2) is 0 Å². The van der Waals surface area contributed by atoms with Crippen LogP contribution in [0.25, 0.3) is 122 Å². The van der Waals surface area contributed by atoms with E-state index < -0.39 is 0 Å². The highest BCUT2D eigenvalue weighted by Gasteiger charge is 2.22. The van der Waals surface area contributed by atoms with Gasteiger partial charge in [0.05, 0.1) is 67.8 Å². The zero-order valence-electron chi connectivity index (χ0n) is 37.7. The summed E-state index contributed by atoms with van der Waals surface area (Å²) in [7, 11) is 0. The maximum atomic E-state index is 9.36. The van der Waals surface area contributed by atoms with Crippen LogP contribution in [0.2, 0.25) is 0 Å². The average Bonchev–Trinajstić information content (AvgIpc) is 3.46. The second-order valence-electron chi connectivity index (χ2n) is 16.9. The van der Waals surface area contributed by atoms with Crippen molar-refractivity contribution in [2.45, 2.75) is 0 Å². The highest BCUT2D eigenvalue weighted by Crippen LogP contribution is 2.48. The van der Waals surface area contributed by atoms with Crippen molar-refractivity contribution in [3.63, 3.8) is 0 Å². The van der Waals surface area contributed by atoms with E-state index in [0.717, 1.165) is 76.8 Å². The van der Waals surface area contributed by atoms with Crippen molar-refractivity contribution >= 4 is 32.3 Å². The van der Waals surface area contributed by atoms with E-state index in [1.165, 1.54) is 0 Å². The molecule has 8 heterocycles. The summed E-state index contributed by atoms with van der Waals surface area (Å²) < 4.78 is 0. The molecule has 12 rings (SSSR count). The molecule has 0 radical (unpaired) electrons. The molecule has 0 aliphatic heterocycles. The Hall–Kier alpha value is -10.9. The van der Waals surface area contributed by atoms with Gasteiger partial charge in [0.15, 0.2) is 0 Å². The number of pyridine rings is 8. The largest absolute Gasteiger partial charge is 0.254 e. The highest BCUT2D eigenvalue weighted by atomic mass is 14.8. The summed E-state index contributed by atoms with van der Waals surface area (Å²) in [4.78, 5) is 37.6. The number of rotatable bonds is 8. The van der Waals surface area contributed by atoms with E-state index in [0.29, 0.717) is 67.8 Å². The van der Waals surface area contributed by atoms with E-state index in [4.69, 9.17) is 19.9 Å². The topological polar surface area (TPSA) is 198 Å². The van der Waals surface area contributed by atoms with Crippen molar-refractivity contribution in [1.29, 1.82) is 21.0 Å². The van der Waals surface area contributed by atoms with E-state index >= 15 is 0 Å². The summed E-state index contributed by atoms with van der Waals surface area (Å²) in [5, 5.41) is 43.6. The number of nitrogens with zero attached hydrogens (tertiary/aromatic N) is 12. The van der Waals surface area contributed by atoms with Crippen LogP contribution in [0, 0.1) is 45.3 Å². The second kappa shape index (κ2) is 17.6. The fourth-order valence-electron chi connectivity index (χ4n) is 9.21. The summed E-state index contributed by atoms with van der Waals surface area (Å²) in [5.41, 5.74) is 14.7. The molecule has 0 bridgehead atoms. The number of hydrogen-bond acceptors (Lipinski definition) is 12. The number of nitriles is 4. The van der Waals surface area contributed by atoms with E-state index in [9.17, 15) is 21.0 Å². The monoisotopic (exact) mass is 918 g/mol. The molecule has 0 amide bonds. The normalized spacial score (nSPS) is 11.0. The van der Waals surface area contributed by atoms with Crippen molar-refractivity contribution in [3.8, 4) is 114 Å². The summed E-state index contributed by atoms with van der Waals surface area (Å²) >= 11 is 0. The highest BCUT2D eigenvalue weighted by molar-refractivity contribution is 6.32. The van der Waals surface area contributed by atoms with Crippen LogP contribution in [0.3, 0.4) is 0 Å². The molecule has 330 valence electrons. The number of aromatic nitrogens is 8. The molecular formula is C60H30N12. The zero-order chi connectivity index (χ0) is 48.7. The molecule has 12 heteroatoms. The molecular weight excluding hydrogens is 889 g/mol. The Balaban J connectivity index is 1.08. The molecule has 0 atom stereocenters. The van der Waals surface area contributed by atoms with E-state index in [1.54, 1.807) is 73.3 Å². The van der Waals surface area contributed by atoms with Crippen LogP contribution in [0.1, 0.15) is 22.3 Å². The predicted molar refractivity (Wildman–Crippen MR) is 275 cm³/mol. The lowest BCUT2D eigenvalue weighted by Gasteiger charge is -2.21. The molecule has 12 nitrogen and oxygen atoms in total. The van der Waals surface area contributed by atoms with Gasteiger partial charge in [-0.05, 0) is 140 Å². The van der Waals surface area contributed by atoms with Gasteiger partial charge in [-0.2, -0.15) is 21.0 Å². The maximum Gasteiger partial charge on any atom is 0.101 e. The SMILES string of the molecule is N#Cc1ccc(-c2ccc(-c3cc(-c4ccc(-c5ccc(C#N)cn5)nc4)c4ccc5c(-c6ccc(-c7ccc(C#N)cn7)nc6)cc(-c6ccc(-c7ccc(C#N)cn7)nc6)c6ccc3c4c65)cn2)nc1. The zero-order valence-corrected chi connectivity index (χ0v) is 37.7. The molecule has 0 fully saturated rings. The molecule has 72 heavy (non-hydrogen) atoms. The molecule has 12 aromatic rings. The van der Waals surface area contributed by atoms with Crippen molar-refractivity contribution in [3.05, 3.63) is 205 Å². The molecule has 0 N–H and O–H groups in total. The molecule has 0 unspecified atom stereocenters. The van der Waals surface area contributed by atoms with Gasteiger partial charge in [-0.1, -0.05) is 48.5 Å². The summed E-state index contributed by atoms with van der Waals surface area (Å²) in [6, 6.07) is 51.8. The van der Waals surface area contributed by atoms with Gasteiger partial charge in [-0.15, -0.1) is 0 Å². The Labute approximate surface area is 411 Å². The van der Waals surface area contributed by atoms with Gasteiger partial charge in [0.1, 0.15) is 24.3 Å². The van der Waals surface area contributed by atoms with Crippen molar-refractivity contribution < 1.29 is 0 Å². The van der Waals surface area contributed by atoms with Crippen LogP contribution < -0.4 is 0 Å². The van der Waals surface area contributed by atoms with Crippen LogP contribution in [-0.4, -0.2) is 39.9 Å². The minimum absolute atomic E-state index is 0.473. The lowest BCUT2D eigenvalue weighted by atomic mass is 9.82. The smallest absolute Gasteiger partial charge is 0.101 e. The van der Waals surface area contributed by atoms with Crippen molar-refractivity contribution in [1.82, 2.24) is 39.9 Å². The van der Waals surface area contributed by atoms with Crippen LogP contribution in [0.15, 0.2) is 183 Å².